The molecule has 1 aliphatic carbocycles. The summed E-state index contributed by atoms with van der Waals surface area (Å²) in [5.74, 6) is 1.28. The van der Waals surface area contributed by atoms with E-state index in [-0.39, 0.29) is 17.2 Å². The summed E-state index contributed by atoms with van der Waals surface area (Å²) >= 11 is 3.07. The van der Waals surface area contributed by atoms with Crippen molar-refractivity contribution in [2.45, 2.75) is 25.0 Å². The zero-order valence-corrected chi connectivity index (χ0v) is 19.9. The Morgan fingerprint density at radius 1 is 1.15 bits per heavy atom. The van der Waals surface area contributed by atoms with Gasteiger partial charge in [0.2, 0.25) is 5.91 Å². The Hall–Kier alpha value is -3.10. The maximum atomic E-state index is 12.6. The number of amides is 1. The van der Waals surface area contributed by atoms with Crippen molar-refractivity contribution in [2.75, 3.05) is 23.0 Å². The lowest BCUT2D eigenvalue weighted by Crippen LogP contribution is -2.18. The summed E-state index contributed by atoms with van der Waals surface area (Å²) in [7, 11) is 1.98. The number of H-pyrrole nitrogens is 1. The average molecular weight is 477 g/mol. The molecule has 5 rings (SSSR count). The van der Waals surface area contributed by atoms with Crippen molar-refractivity contribution in [1.82, 2.24) is 9.97 Å². The summed E-state index contributed by atoms with van der Waals surface area (Å²) < 4.78 is 0. The van der Waals surface area contributed by atoms with E-state index in [2.05, 4.69) is 15.3 Å². The van der Waals surface area contributed by atoms with Crippen LogP contribution in [0.1, 0.15) is 22.7 Å². The minimum atomic E-state index is -0.0903. The number of carbonyl (C=O) groups excluding carboxylic acids is 1. The molecule has 0 saturated heterocycles. The lowest BCUT2D eigenvalue weighted by molar-refractivity contribution is -0.113. The largest absolute Gasteiger partial charge is 0.343 e. The van der Waals surface area contributed by atoms with Crippen molar-refractivity contribution < 1.29 is 4.79 Å². The smallest absolute Gasteiger partial charge is 0.259 e. The number of thiophene rings is 1. The highest BCUT2D eigenvalue weighted by molar-refractivity contribution is 7.99. The monoisotopic (exact) mass is 476 g/mol. The fraction of sp³-hybridized carbons (Fsp3) is 0.240. The van der Waals surface area contributed by atoms with E-state index in [1.54, 1.807) is 11.3 Å². The van der Waals surface area contributed by atoms with E-state index in [0.717, 1.165) is 46.5 Å². The minimum Gasteiger partial charge on any atom is -0.343 e. The quantitative estimate of drug-likeness (QED) is 0.387. The van der Waals surface area contributed by atoms with Crippen LogP contribution in [0.4, 0.5) is 17.1 Å². The van der Waals surface area contributed by atoms with E-state index in [4.69, 9.17) is 0 Å². The number of nitrogens with zero attached hydrogens (tertiary/aromatic N) is 2. The van der Waals surface area contributed by atoms with Crippen molar-refractivity contribution in [3.63, 3.8) is 0 Å². The zero-order valence-electron chi connectivity index (χ0n) is 18.3. The Labute approximate surface area is 200 Å². The lowest BCUT2D eigenvalue weighted by atomic mass is 10.2. The Bertz CT molecular complexity index is 1360. The number of anilines is 3. The molecule has 168 valence electrons. The zero-order chi connectivity index (χ0) is 22.8. The van der Waals surface area contributed by atoms with Gasteiger partial charge in [0.25, 0.3) is 5.56 Å². The van der Waals surface area contributed by atoms with Gasteiger partial charge in [0.05, 0.1) is 28.3 Å². The van der Waals surface area contributed by atoms with Crippen LogP contribution in [0.5, 0.6) is 0 Å². The van der Waals surface area contributed by atoms with E-state index in [0.29, 0.717) is 11.6 Å². The minimum absolute atomic E-state index is 0.0580. The molecule has 0 atom stereocenters. The third kappa shape index (κ3) is 4.54. The lowest BCUT2D eigenvalue weighted by Gasteiger charge is -2.22. The molecule has 0 saturated carbocycles. The van der Waals surface area contributed by atoms with Crippen LogP contribution in [0.25, 0.3) is 10.2 Å². The van der Waals surface area contributed by atoms with E-state index >= 15 is 0 Å². The van der Waals surface area contributed by atoms with Crippen LogP contribution in [-0.4, -0.2) is 28.7 Å². The van der Waals surface area contributed by atoms with Gasteiger partial charge in [0, 0.05) is 17.6 Å². The predicted molar refractivity (Wildman–Crippen MR) is 138 cm³/mol. The number of hydrogen-bond acceptors (Lipinski definition) is 6. The topological polar surface area (TPSA) is 78.1 Å². The number of rotatable bonds is 7. The van der Waals surface area contributed by atoms with Crippen LogP contribution in [0.2, 0.25) is 0 Å². The van der Waals surface area contributed by atoms with Crippen LogP contribution in [0, 0.1) is 0 Å². The molecule has 2 heterocycles. The second-order valence-corrected chi connectivity index (χ2v) is 10.1. The first-order valence-corrected chi connectivity index (χ1v) is 12.9. The molecule has 0 radical (unpaired) electrons. The highest BCUT2D eigenvalue weighted by Crippen LogP contribution is 2.34. The number of aromatic nitrogens is 2. The van der Waals surface area contributed by atoms with E-state index in [9.17, 15) is 9.59 Å². The number of carbonyl (C=O) groups is 1. The van der Waals surface area contributed by atoms with E-state index in [1.165, 1.54) is 22.2 Å². The van der Waals surface area contributed by atoms with Gasteiger partial charge in [0.1, 0.15) is 10.7 Å². The number of aromatic amines is 1. The van der Waals surface area contributed by atoms with Crippen LogP contribution in [0.3, 0.4) is 0 Å². The normalized spacial score (nSPS) is 12.6. The fourth-order valence-electron chi connectivity index (χ4n) is 4.20. The molecule has 0 aliphatic heterocycles. The number of thioether (sulfide) groups is 1. The summed E-state index contributed by atoms with van der Waals surface area (Å²) in [6.45, 7) is 0. The summed E-state index contributed by atoms with van der Waals surface area (Å²) in [5.41, 5.74) is 3.84. The van der Waals surface area contributed by atoms with Gasteiger partial charge in [-0.25, -0.2) is 4.98 Å². The molecule has 0 spiro atoms. The summed E-state index contributed by atoms with van der Waals surface area (Å²) in [4.78, 5) is 37.0. The first kappa shape index (κ1) is 21.7. The highest BCUT2D eigenvalue weighted by Gasteiger charge is 2.21. The van der Waals surface area contributed by atoms with Crippen LogP contribution >= 0.6 is 23.1 Å². The molecule has 0 fully saturated rings. The van der Waals surface area contributed by atoms with Crippen molar-refractivity contribution in [3.8, 4) is 0 Å². The number of hydrogen-bond donors (Lipinski definition) is 2. The van der Waals surface area contributed by atoms with Crippen molar-refractivity contribution in [2.24, 2.45) is 0 Å². The third-order valence-corrected chi connectivity index (χ3v) is 7.91. The number of aryl methyl sites for hydroxylation is 2. The Morgan fingerprint density at radius 3 is 2.79 bits per heavy atom. The first-order chi connectivity index (χ1) is 16.1. The number of para-hydroxylation sites is 3. The van der Waals surface area contributed by atoms with Gasteiger partial charge in [0.15, 0.2) is 0 Å². The maximum Gasteiger partial charge on any atom is 0.259 e. The predicted octanol–water partition coefficient (Wildman–Crippen LogP) is 5.11. The number of nitrogens with one attached hydrogen (secondary N) is 2. The van der Waals surface area contributed by atoms with Crippen molar-refractivity contribution in [1.29, 1.82) is 0 Å². The Balaban J connectivity index is 1.23. The Morgan fingerprint density at radius 2 is 1.94 bits per heavy atom. The molecule has 2 aromatic carbocycles. The molecule has 1 aliphatic rings. The molecule has 0 bridgehead atoms. The Kier molecular flexibility index (Phi) is 6.20. The van der Waals surface area contributed by atoms with Gasteiger partial charge in [-0.3, -0.25) is 9.59 Å². The van der Waals surface area contributed by atoms with E-state index < -0.39 is 0 Å². The van der Waals surface area contributed by atoms with Gasteiger partial charge in [-0.1, -0.05) is 30.3 Å². The second kappa shape index (κ2) is 9.41. The summed E-state index contributed by atoms with van der Waals surface area (Å²) in [6.07, 6.45) is 3.13. The van der Waals surface area contributed by atoms with E-state index in [1.807, 2.05) is 66.5 Å². The molecule has 2 aromatic heterocycles. The highest BCUT2D eigenvalue weighted by atomic mass is 32.2. The van der Waals surface area contributed by atoms with Crippen LogP contribution < -0.4 is 15.8 Å². The SMILES string of the molecule is CN(c1ccccc1)c1ccccc1NC(=O)CSCc1nc2sc3c(c2c(=O)[nH]1)CCC3. The van der Waals surface area contributed by atoms with Gasteiger partial charge in [-0.15, -0.1) is 23.1 Å². The van der Waals surface area contributed by atoms with Gasteiger partial charge < -0.3 is 15.2 Å². The average Bonchev–Trinajstić information content (AvgIpc) is 3.40. The fourth-order valence-corrected chi connectivity index (χ4v) is 6.18. The molecule has 2 N–H and O–H groups in total. The molecule has 0 unspecified atom stereocenters. The summed E-state index contributed by atoms with van der Waals surface area (Å²) in [5, 5.41) is 3.78. The van der Waals surface area contributed by atoms with Crippen LogP contribution in [0.15, 0.2) is 59.4 Å². The number of fused-ring (bicyclic) bond motifs is 3. The molecule has 6 nitrogen and oxygen atoms in total. The van der Waals surface area contributed by atoms with Gasteiger partial charge >= 0.3 is 0 Å². The number of benzene rings is 2. The molecule has 1 amide bonds. The summed E-state index contributed by atoms with van der Waals surface area (Å²) in [6, 6.07) is 17.8. The third-order valence-electron chi connectivity index (χ3n) is 5.78. The first-order valence-electron chi connectivity index (χ1n) is 10.9. The molecule has 4 aromatic rings. The standard InChI is InChI=1S/C25H24N4O2S2/c1-29(16-8-3-2-4-9-16)19-12-6-5-11-18(19)26-22(30)15-32-14-21-27-24(31)23-17-10-7-13-20(17)33-25(23)28-21/h2-6,8-9,11-12H,7,10,13-15H2,1H3,(H,26,30)(H,27,28,31). The molecule has 8 heteroatoms. The molecular formula is C25H24N4O2S2. The van der Waals surface area contributed by atoms with Gasteiger partial charge in [-0.05, 0) is 49.1 Å². The molecular weight excluding hydrogens is 452 g/mol. The van der Waals surface area contributed by atoms with Crippen molar-refractivity contribution >= 4 is 56.3 Å². The van der Waals surface area contributed by atoms with Gasteiger partial charge in [-0.2, -0.15) is 0 Å². The second-order valence-electron chi connectivity index (χ2n) is 8.00. The van der Waals surface area contributed by atoms with Crippen molar-refractivity contribution in [3.05, 3.63) is 81.2 Å². The maximum absolute atomic E-state index is 12.6. The van der Waals surface area contributed by atoms with Crippen LogP contribution in [-0.2, 0) is 23.4 Å². The molecule has 33 heavy (non-hydrogen) atoms.